The summed E-state index contributed by atoms with van der Waals surface area (Å²) in [5.74, 6) is -0.212. The summed E-state index contributed by atoms with van der Waals surface area (Å²) < 4.78 is 0. The Morgan fingerprint density at radius 2 is 2.00 bits per heavy atom. The molecular weight excluding hydrogens is 316 g/mol. The summed E-state index contributed by atoms with van der Waals surface area (Å²) in [6.45, 7) is 0.387. The van der Waals surface area contributed by atoms with Crippen LogP contribution in [0.3, 0.4) is 0 Å². The number of nitro benzene ring substituents is 1. The summed E-state index contributed by atoms with van der Waals surface area (Å²) in [7, 11) is 1.67. The van der Waals surface area contributed by atoms with Crippen LogP contribution in [0.15, 0.2) is 54.6 Å². The number of nitrogens with zero attached hydrogens (tertiary/aromatic N) is 2. The van der Waals surface area contributed by atoms with Crippen molar-refractivity contribution >= 4 is 29.3 Å². The number of carbonyl (C=O) groups is 1. The molecule has 0 saturated carbocycles. The van der Waals surface area contributed by atoms with Gasteiger partial charge >= 0.3 is 0 Å². The van der Waals surface area contributed by atoms with Crippen LogP contribution < -0.4 is 0 Å². The number of non-ortho nitro benzene ring substituents is 1. The molecule has 0 aliphatic rings. The van der Waals surface area contributed by atoms with Gasteiger partial charge < -0.3 is 4.90 Å². The van der Waals surface area contributed by atoms with Crippen molar-refractivity contribution in [2.45, 2.75) is 6.54 Å². The highest BCUT2D eigenvalue weighted by Crippen LogP contribution is 2.17. The van der Waals surface area contributed by atoms with E-state index in [1.54, 1.807) is 31.3 Å². The number of likely N-dealkylation sites (N-methyl/N-ethyl adjacent to an activating group) is 1. The molecule has 1 amide bonds. The van der Waals surface area contributed by atoms with E-state index in [0.29, 0.717) is 17.1 Å². The molecule has 0 heterocycles. The monoisotopic (exact) mass is 330 g/mol. The van der Waals surface area contributed by atoms with Gasteiger partial charge in [-0.3, -0.25) is 14.9 Å². The van der Waals surface area contributed by atoms with Gasteiger partial charge in [-0.25, -0.2) is 0 Å². The number of halogens is 1. The summed E-state index contributed by atoms with van der Waals surface area (Å²) in [6.07, 6.45) is 2.94. The number of amides is 1. The van der Waals surface area contributed by atoms with E-state index in [-0.39, 0.29) is 11.6 Å². The molecule has 23 heavy (non-hydrogen) atoms. The fourth-order valence-electron chi connectivity index (χ4n) is 2.00. The molecule has 0 radical (unpaired) electrons. The van der Waals surface area contributed by atoms with E-state index in [9.17, 15) is 14.9 Å². The molecule has 5 nitrogen and oxygen atoms in total. The third kappa shape index (κ3) is 4.66. The summed E-state index contributed by atoms with van der Waals surface area (Å²) in [6, 6.07) is 13.4. The van der Waals surface area contributed by atoms with Gasteiger partial charge in [-0.15, -0.1) is 0 Å². The number of carbonyl (C=O) groups excluding carboxylic acids is 1. The third-order valence-corrected chi connectivity index (χ3v) is 3.61. The predicted molar refractivity (Wildman–Crippen MR) is 90.1 cm³/mol. The quantitative estimate of drug-likeness (QED) is 0.474. The number of rotatable bonds is 5. The summed E-state index contributed by atoms with van der Waals surface area (Å²) in [4.78, 5) is 23.9. The van der Waals surface area contributed by atoms with Gasteiger partial charge in [0.15, 0.2) is 0 Å². The highest BCUT2D eigenvalue weighted by molar-refractivity contribution is 6.31. The minimum Gasteiger partial charge on any atom is -0.338 e. The minimum atomic E-state index is -0.470. The number of hydrogen-bond acceptors (Lipinski definition) is 3. The topological polar surface area (TPSA) is 63.5 Å². The van der Waals surface area contributed by atoms with E-state index in [0.717, 1.165) is 5.56 Å². The van der Waals surface area contributed by atoms with E-state index in [2.05, 4.69) is 0 Å². The van der Waals surface area contributed by atoms with Crippen LogP contribution >= 0.6 is 11.6 Å². The molecule has 0 unspecified atom stereocenters. The van der Waals surface area contributed by atoms with Crippen LogP contribution in [0, 0.1) is 10.1 Å². The van der Waals surface area contributed by atoms with Gasteiger partial charge in [-0.2, -0.15) is 0 Å². The van der Waals surface area contributed by atoms with Crippen molar-refractivity contribution in [1.82, 2.24) is 4.90 Å². The molecule has 2 aromatic carbocycles. The van der Waals surface area contributed by atoms with Crippen molar-refractivity contribution in [1.29, 1.82) is 0 Å². The van der Waals surface area contributed by atoms with Crippen molar-refractivity contribution in [3.63, 3.8) is 0 Å². The van der Waals surface area contributed by atoms with Gasteiger partial charge in [-0.05, 0) is 23.3 Å². The maximum Gasteiger partial charge on any atom is 0.270 e. The van der Waals surface area contributed by atoms with Gasteiger partial charge in [0.05, 0.1) is 4.92 Å². The van der Waals surface area contributed by atoms with Crippen molar-refractivity contribution in [2.75, 3.05) is 7.05 Å². The molecule has 2 rings (SSSR count). The average molecular weight is 331 g/mol. The molecular formula is C17H15ClN2O3. The van der Waals surface area contributed by atoms with Gasteiger partial charge in [-0.1, -0.05) is 41.9 Å². The zero-order chi connectivity index (χ0) is 16.8. The SMILES string of the molecule is CN(Cc1ccccc1Cl)C(=O)/C=C/c1cccc([N+](=O)[O-])c1. The standard InChI is InChI=1S/C17H15ClN2O3/c1-19(12-14-6-2-3-8-16(14)18)17(21)10-9-13-5-4-7-15(11-13)20(22)23/h2-11H,12H2,1H3/b10-9+. The van der Waals surface area contributed by atoms with E-state index < -0.39 is 4.92 Å². The van der Waals surface area contributed by atoms with Crippen LogP contribution in [0.25, 0.3) is 6.08 Å². The van der Waals surface area contributed by atoms with Crippen LogP contribution in [-0.4, -0.2) is 22.8 Å². The van der Waals surface area contributed by atoms with Gasteiger partial charge in [0, 0.05) is 36.8 Å². The van der Waals surface area contributed by atoms with E-state index in [4.69, 9.17) is 11.6 Å². The summed E-state index contributed by atoms with van der Waals surface area (Å²) in [5.41, 5.74) is 1.44. The number of benzene rings is 2. The molecule has 0 aliphatic heterocycles. The molecule has 118 valence electrons. The zero-order valence-corrected chi connectivity index (χ0v) is 13.2. The lowest BCUT2D eigenvalue weighted by molar-refractivity contribution is -0.384. The van der Waals surface area contributed by atoms with Crippen molar-refractivity contribution in [3.05, 3.63) is 80.9 Å². The number of nitro groups is 1. The fraction of sp³-hybridized carbons (Fsp3) is 0.118. The highest BCUT2D eigenvalue weighted by Gasteiger charge is 2.08. The van der Waals surface area contributed by atoms with Crippen molar-refractivity contribution < 1.29 is 9.72 Å². The molecule has 0 fully saturated rings. The van der Waals surface area contributed by atoms with Crippen LogP contribution in [-0.2, 0) is 11.3 Å². The van der Waals surface area contributed by atoms with Gasteiger partial charge in [0.25, 0.3) is 5.69 Å². The van der Waals surface area contributed by atoms with Crippen LogP contribution in [0.1, 0.15) is 11.1 Å². The van der Waals surface area contributed by atoms with Gasteiger partial charge in [0.2, 0.25) is 5.91 Å². The molecule has 0 aromatic heterocycles. The number of hydrogen-bond donors (Lipinski definition) is 0. The lowest BCUT2D eigenvalue weighted by Crippen LogP contribution is -2.24. The normalized spacial score (nSPS) is 10.7. The Morgan fingerprint density at radius 3 is 2.70 bits per heavy atom. The van der Waals surface area contributed by atoms with Crippen LogP contribution in [0.5, 0.6) is 0 Å². The third-order valence-electron chi connectivity index (χ3n) is 3.24. The Labute approximate surface area is 139 Å². The maximum atomic E-state index is 12.1. The smallest absolute Gasteiger partial charge is 0.270 e. The molecule has 0 N–H and O–H groups in total. The fourth-order valence-corrected chi connectivity index (χ4v) is 2.19. The lowest BCUT2D eigenvalue weighted by atomic mass is 10.2. The second-order valence-electron chi connectivity index (χ2n) is 4.97. The second kappa shape index (κ2) is 7.56. The highest BCUT2D eigenvalue weighted by atomic mass is 35.5. The zero-order valence-electron chi connectivity index (χ0n) is 12.5. The molecule has 0 atom stereocenters. The van der Waals surface area contributed by atoms with Crippen LogP contribution in [0.2, 0.25) is 5.02 Å². The first kappa shape index (κ1) is 16.7. The first-order valence-electron chi connectivity index (χ1n) is 6.88. The second-order valence-corrected chi connectivity index (χ2v) is 5.38. The maximum absolute atomic E-state index is 12.1. The van der Waals surface area contributed by atoms with Gasteiger partial charge in [0.1, 0.15) is 0 Å². The molecule has 2 aromatic rings. The Kier molecular flexibility index (Phi) is 5.49. The molecule has 0 bridgehead atoms. The first-order chi connectivity index (χ1) is 11.0. The largest absolute Gasteiger partial charge is 0.338 e. The minimum absolute atomic E-state index is 0.0102. The summed E-state index contributed by atoms with van der Waals surface area (Å²) >= 11 is 6.07. The Hall–Kier alpha value is -2.66. The van der Waals surface area contributed by atoms with Crippen LogP contribution in [0.4, 0.5) is 5.69 Å². The van der Waals surface area contributed by atoms with E-state index in [1.807, 2.05) is 18.2 Å². The van der Waals surface area contributed by atoms with Crippen molar-refractivity contribution in [3.8, 4) is 0 Å². The molecule has 6 heteroatoms. The Bertz CT molecular complexity index is 759. The average Bonchev–Trinajstić information content (AvgIpc) is 2.55. The Morgan fingerprint density at radius 1 is 1.26 bits per heavy atom. The Balaban J connectivity index is 2.04. The first-order valence-corrected chi connectivity index (χ1v) is 7.26. The molecule has 0 spiro atoms. The van der Waals surface area contributed by atoms with E-state index >= 15 is 0 Å². The lowest BCUT2D eigenvalue weighted by Gasteiger charge is -2.16. The molecule has 0 aliphatic carbocycles. The summed E-state index contributed by atoms with van der Waals surface area (Å²) in [5, 5.41) is 11.3. The predicted octanol–water partition coefficient (Wildman–Crippen LogP) is 3.92. The van der Waals surface area contributed by atoms with Crippen molar-refractivity contribution in [2.24, 2.45) is 0 Å². The van der Waals surface area contributed by atoms with E-state index in [1.165, 1.54) is 23.1 Å². The molecule has 0 saturated heterocycles.